The van der Waals surface area contributed by atoms with E-state index in [1.54, 1.807) is 6.92 Å². The van der Waals surface area contributed by atoms with Crippen molar-refractivity contribution in [3.05, 3.63) is 0 Å². The summed E-state index contributed by atoms with van der Waals surface area (Å²) in [6, 6.07) is 0. The Labute approximate surface area is 86.4 Å². The summed E-state index contributed by atoms with van der Waals surface area (Å²) in [6.07, 6.45) is 0.689. The van der Waals surface area contributed by atoms with Crippen LogP contribution in [0.3, 0.4) is 0 Å². The quantitative estimate of drug-likeness (QED) is 0.684. The van der Waals surface area contributed by atoms with E-state index in [9.17, 15) is 4.79 Å². The molecule has 14 heavy (non-hydrogen) atoms. The zero-order chi connectivity index (χ0) is 10.6. The number of rotatable bonds is 4. The summed E-state index contributed by atoms with van der Waals surface area (Å²) in [6.45, 7) is 9.86. The smallest absolute Gasteiger partial charge is 0.132 e. The summed E-state index contributed by atoms with van der Waals surface area (Å²) >= 11 is 0. The van der Waals surface area contributed by atoms with Gasteiger partial charge in [0, 0.05) is 26.1 Å². The average Bonchev–Trinajstić information content (AvgIpc) is 2.01. The predicted molar refractivity (Wildman–Crippen MR) is 56.3 cm³/mol. The Morgan fingerprint density at radius 2 is 2.29 bits per heavy atom. The van der Waals surface area contributed by atoms with Gasteiger partial charge in [-0.2, -0.15) is 0 Å². The van der Waals surface area contributed by atoms with E-state index in [2.05, 4.69) is 18.7 Å². The molecule has 1 atom stereocenters. The molecular formula is C11H21NO2. The first-order valence-corrected chi connectivity index (χ1v) is 5.41. The molecule has 1 aliphatic heterocycles. The number of ketones is 1. The fraction of sp³-hybridized carbons (Fsp3) is 0.909. The second-order valence-electron chi connectivity index (χ2n) is 4.55. The molecule has 0 aromatic heterocycles. The van der Waals surface area contributed by atoms with Crippen LogP contribution in [0.5, 0.6) is 0 Å². The third-order valence-electron chi connectivity index (χ3n) is 2.36. The van der Waals surface area contributed by atoms with Gasteiger partial charge in [-0.15, -0.1) is 0 Å². The van der Waals surface area contributed by atoms with E-state index in [-0.39, 0.29) is 11.9 Å². The van der Waals surface area contributed by atoms with Crippen LogP contribution in [0.1, 0.15) is 27.2 Å². The number of hydrogen-bond acceptors (Lipinski definition) is 3. The van der Waals surface area contributed by atoms with Crippen molar-refractivity contribution in [2.75, 3.05) is 26.2 Å². The second kappa shape index (κ2) is 5.47. The maximum atomic E-state index is 10.9. The standard InChI is InChI=1S/C11H21NO2/c1-9(2)7-12-4-5-14-11(8-12)6-10(3)13/h9,11H,4-8H2,1-3H3/t11-/m1/s1. The number of ether oxygens (including phenoxy) is 1. The molecule has 3 nitrogen and oxygen atoms in total. The van der Waals surface area contributed by atoms with Crippen LogP contribution in [0, 0.1) is 5.92 Å². The van der Waals surface area contributed by atoms with Crippen LogP contribution in [0.2, 0.25) is 0 Å². The van der Waals surface area contributed by atoms with Crippen LogP contribution < -0.4 is 0 Å². The molecule has 0 aromatic carbocycles. The molecule has 0 amide bonds. The number of carbonyl (C=O) groups excluding carboxylic acids is 1. The van der Waals surface area contributed by atoms with E-state index < -0.39 is 0 Å². The molecule has 0 N–H and O–H groups in total. The van der Waals surface area contributed by atoms with Crippen LogP contribution >= 0.6 is 0 Å². The third kappa shape index (κ3) is 4.20. The van der Waals surface area contributed by atoms with Crippen molar-refractivity contribution < 1.29 is 9.53 Å². The van der Waals surface area contributed by atoms with Crippen molar-refractivity contribution in [2.24, 2.45) is 5.92 Å². The largest absolute Gasteiger partial charge is 0.375 e. The van der Waals surface area contributed by atoms with Crippen LogP contribution in [-0.4, -0.2) is 43.0 Å². The summed E-state index contributed by atoms with van der Waals surface area (Å²) < 4.78 is 5.54. The van der Waals surface area contributed by atoms with Gasteiger partial charge in [0.1, 0.15) is 5.78 Å². The molecule has 0 radical (unpaired) electrons. The Kier molecular flexibility index (Phi) is 4.55. The van der Waals surface area contributed by atoms with E-state index >= 15 is 0 Å². The molecule has 0 bridgehead atoms. The van der Waals surface area contributed by atoms with Crippen molar-refractivity contribution in [1.29, 1.82) is 0 Å². The maximum absolute atomic E-state index is 10.9. The summed E-state index contributed by atoms with van der Waals surface area (Å²) in [7, 11) is 0. The molecule has 0 aliphatic carbocycles. The molecule has 1 heterocycles. The van der Waals surface area contributed by atoms with Gasteiger partial charge in [-0.25, -0.2) is 0 Å². The zero-order valence-electron chi connectivity index (χ0n) is 9.45. The lowest BCUT2D eigenvalue weighted by Crippen LogP contribution is -2.44. The highest BCUT2D eigenvalue weighted by molar-refractivity contribution is 5.76. The fourth-order valence-corrected chi connectivity index (χ4v) is 1.91. The molecule has 1 rings (SSSR count). The molecule has 1 fully saturated rings. The highest BCUT2D eigenvalue weighted by atomic mass is 16.5. The number of Topliss-reactive ketones (excluding diaryl/α,β-unsaturated/α-hetero) is 1. The number of hydrogen-bond donors (Lipinski definition) is 0. The van der Waals surface area contributed by atoms with E-state index in [0.717, 1.165) is 26.2 Å². The highest BCUT2D eigenvalue weighted by Gasteiger charge is 2.21. The minimum absolute atomic E-state index is 0.125. The van der Waals surface area contributed by atoms with E-state index in [1.807, 2.05) is 0 Å². The summed E-state index contributed by atoms with van der Waals surface area (Å²) in [5.41, 5.74) is 0. The Morgan fingerprint density at radius 3 is 2.86 bits per heavy atom. The third-order valence-corrected chi connectivity index (χ3v) is 2.36. The van der Waals surface area contributed by atoms with Crippen molar-refractivity contribution in [2.45, 2.75) is 33.3 Å². The van der Waals surface area contributed by atoms with Crippen molar-refractivity contribution in [3.63, 3.8) is 0 Å². The summed E-state index contributed by atoms with van der Waals surface area (Å²) in [5, 5.41) is 0. The fourth-order valence-electron chi connectivity index (χ4n) is 1.91. The van der Waals surface area contributed by atoms with Gasteiger partial charge in [0.15, 0.2) is 0 Å². The summed E-state index contributed by atoms with van der Waals surface area (Å²) in [5.74, 6) is 0.910. The van der Waals surface area contributed by atoms with Crippen molar-refractivity contribution in [1.82, 2.24) is 4.90 Å². The molecule has 3 heteroatoms. The van der Waals surface area contributed by atoms with E-state index in [1.165, 1.54) is 0 Å². The molecule has 0 saturated carbocycles. The van der Waals surface area contributed by atoms with Crippen molar-refractivity contribution in [3.8, 4) is 0 Å². The maximum Gasteiger partial charge on any atom is 0.132 e. The van der Waals surface area contributed by atoms with Gasteiger partial charge in [0.2, 0.25) is 0 Å². The van der Waals surface area contributed by atoms with Gasteiger partial charge in [0.05, 0.1) is 12.7 Å². The van der Waals surface area contributed by atoms with Crippen LogP contribution in [0.15, 0.2) is 0 Å². The van der Waals surface area contributed by atoms with Gasteiger partial charge >= 0.3 is 0 Å². The first-order chi connectivity index (χ1) is 6.58. The first kappa shape index (κ1) is 11.7. The molecule has 0 unspecified atom stereocenters. The van der Waals surface area contributed by atoms with E-state index in [4.69, 9.17) is 4.74 Å². The zero-order valence-corrected chi connectivity index (χ0v) is 9.45. The van der Waals surface area contributed by atoms with Crippen LogP contribution in [0.4, 0.5) is 0 Å². The lowest BCUT2D eigenvalue weighted by atomic mass is 10.1. The predicted octanol–water partition coefficient (Wildman–Crippen LogP) is 1.32. The molecule has 82 valence electrons. The Morgan fingerprint density at radius 1 is 1.57 bits per heavy atom. The minimum Gasteiger partial charge on any atom is -0.375 e. The first-order valence-electron chi connectivity index (χ1n) is 5.41. The van der Waals surface area contributed by atoms with Gasteiger partial charge < -0.3 is 4.74 Å². The lowest BCUT2D eigenvalue weighted by molar-refractivity contribution is -0.122. The minimum atomic E-state index is 0.125. The molecule has 1 aliphatic rings. The molecule has 1 saturated heterocycles. The van der Waals surface area contributed by atoms with Crippen LogP contribution in [-0.2, 0) is 9.53 Å². The number of carbonyl (C=O) groups is 1. The van der Waals surface area contributed by atoms with Gasteiger partial charge in [-0.3, -0.25) is 9.69 Å². The number of nitrogens with zero attached hydrogens (tertiary/aromatic N) is 1. The van der Waals surface area contributed by atoms with Crippen molar-refractivity contribution >= 4 is 5.78 Å². The lowest BCUT2D eigenvalue weighted by Gasteiger charge is -2.33. The molecule has 0 spiro atoms. The van der Waals surface area contributed by atoms with Gasteiger partial charge in [0.25, 0.3) is 0 Å². The Bertz CT molecular complexity index is 192. The number of morpholine rings is 1. The van der Waals surface area contributed by atoms with Crippen LogP contribution in [0.25, 0.3) is 0 Å². The van der Waals surface area contributed by atoms with Gasteiger partial charge in [-0.05, 0) is 12.8 Å². The molecule has 0 aromatic rings. The summed E-state index contributed by atoms with van der Waals surface area (Å²) in [4.78, 5) is 13.3. The topological polar surface area (TPSA) is 29.5 Å². The van der Waals surface area contributed by atoms with E-state index in [0.29, 0.717) is 12.3 Å². The Hall–Kier alpha value is -0.410. The van der Waals surface area contributed by atoms with Gasteiger partial charge in [-0.1, -0.05) is 13.8 Å². The second-order valence-corrected chi connectivity index (χ2v) is 4.55. The highest BCUT2D eigenvalue weighted by Crippen LogP contribution is 2.10. The Balaban J connectivity index is 2.32. The normalized spacial score (nSPS) is 24.1. The molecular weight excluding hydrogens is 178 g/mol. The monoisotopic (exact) mass is 199 g/mol. The average molecular weight is 199 g/mol. The SMILES string of the molecule is CC(=O)C[C@@H]1CN(CC(C)C)CCO1.